The van der Waals surface area contributed by atoms with Gasteiger partial charge in [0.05, 0.1) is 0 Å². The van der Waals surface area contributed by atoms with Crippen LogP contribution in [0.4, 0.5) is 0 Å². The Morgan fingerprint density at radius 1 is 1.50 bits per heavy atom. The third-order valence-electron chi connectivity index (χ3n) is 2.05. The standard InChI is InChI=1S/C9H17N3/c1-7(2)12-9(4-5-11-12)8(3)6-10/h4-5,7-8H,6,10H2,1-3H3. The number of hydrogen-bond donors (Lipinski definition) is 1. The zero-order valence-electron chi connectivity index (χ0n) is 7.99. The molecular formula is C9H17N3. The van der Waals surface area contributed by atoms with Gasteiger partial charge in [0.2, 0.25) is 0 Å². The Morgan fingerprint density at radius 2 is 2.17 bits per heavy atom. The lowest BCUT2D eigenvalue weighted by Gasteiger charge is -2.14. The fraction of sp³-hybridized carbons (Fsp3) is 0.667. The summed E-state index contributed by atoms with van der Waals surface area (Å²) in [6.07, 6.45) is 1.83. The van der Waals surface area contributed by atoms with Gasteiger partial charge in [-0.3, -0.25) is 4.68 Å². The second kappa shape index (κ2) is 3.72. The van der Waals surface area contributed by atoms with E-state index in [-0.39, 0.29) is 0 Å². The Kier molecular flexibility index (Phi) is 2.87. The second-order valence-electron chi connectivity index (χ2n) is 3.43. The molecule has 1 aromatic rings. The topological polar surface area (TPSA) is 43.8 Å². The van der Waals surface area contributed by atoms with Crippen LogP contribution in [0.5, 0.6) is 0 Å². The van der Waals surface area contributed by atoms with Crippen molar-refractivity contribution in [1.82, 2.24) is 9.78 Å². The summed E-state index contributed by atoms with van der Waals surface area (Å²) in [5.74, 6) is 0.398. The van der Waals surface area contributed by atoms with Crippen molar-refractivity contribution in [1.29, 1.82) is 0 Å². The van der Waals surface area contributed by atoms with Gasteiger partial charge in [0.25, 0.3) is 0 Å². The molecule has 12 heavy (non-hydrogen) atoms. The van der Waals surface area contributed by atoms with E-state index in [1.807, 2.05) is 16.9 Å². The largest absolute Gasteiger partial charge is 0.330 e. The van der Waals surface area contributed by atoms with Gasteiger partial charge in [-0.05, 0) is 19.9 Å². The molecule has 3 heteroatoms. The first-order valence-electron chi connectivity index (χ1n) is 4.40. The average Bonchev–Trinajstić information content (AvgIpc) is 2.50. The van der Waals surface area contributed by atoms with Crippen LogP contribution < -0.4 is 5.73 Å². The van der Waals surface area contributed by atoms with Gasteiger partial charge in [0.15, 0.2) is 0 Å². The Bertz CT molecular complexity index is 240. The van der Waals surface area contributed by atoms with Crippen molar-refractivity contribution in [3.8, 4) is 0 Å². The lowest BCUT2D eigenvalue weighted by atomic mass is 10.1. The summed E-state index contributed by atoms with van der Waals surface area (Å²) in [6.45, 7) is 7.05. The van der Waals surface area contributed by atoms with Crippen LogP contribution in [0.15, 0.2) is 12.3 Å². The Morgan fingerprint density at radius 3 is 2.67 bits per heavy atom. The molecule has 1 aromatic heterocycles. The van der Waals surface area contributed by atoms with Crippen LogP contribution in [-0.4, -0.2) is 16.3 Å². The van der Waals surface area contributed by atoms with Gasteiger partial charge in [-0.15, -0.1) is 0 Å². The van der Waals surface area contributed by atoms with Crippen molar-refractivity contribution in [2.45, 2.75) is 32.7 Å². The van der Waals surface area contributed by atoms with Crippen LogP contribution >= 0.6 is 0 Å². The van der Waals surface area contributed by atoms with Gasteiger partial charge in [-0.2, -0.15) is 5.10 Å². The van der Waals surface area contributed by atoms with Crippen molar-refractivity contribution in [3.05, 3.63) is 18.0 Å². The molecule has 1 rings (SSSR count). The van der Waals surface area contributed by atoms with Crippen LogP contribution in [0.2, 0.25) is 0 Å². The summed E-state index contributed by atoms with van der Waals surface area (Å²) < 4.78 is 2.03. The van der Waals surface area contributed by atoms with E-state index in [0.717, 1.165) is 0 Å². The van der Waals surface area contributed by atoms with Gasteiger partial charge >= 0.3 is 0 Å². The Labute approximate surface area is 73.6 Å². The van der Waals surface area contributed by atoms with Crippen molar-refractivity contribution < 1.29 is 0 Å². The maximum absolute atomic E-state index is 5.59. The zero-order valence-corrected chi connectivity index (χ0v) is 7.99. The van der Waals surface area contributed by atoms with Crippen molar-refractivity contribution in [2.75, 3.05) is 6.54 Å². The van der Waals surface area contributed by atoms with E-state index < -0.39 is 0 Å². The van der Waals surface area contributed by atoms with E-state index in [9.17, 15) is 0 Å². The molecule has 0 saturated heterocycles. The SMILES string of the molecule is CC(CN)c1ccnn1C(C)C. The molecule has 1 heterocycles. The molecule has 0 fully saturated rings. The van der Waals surface area contributed by atoms with Crippen LogP contribution in [0.25, 0.3) is 0 Å². The van der Waals surface area contributed by atoms with E-state index >= 15 is 0 Å². The van der Waals surface area contributed by atoms with Crippen LogP contribution in [0.3, 0.4) is 0 Å². The molecule has 68 valence electrons. The summed E-state index contributed by atoms with van der Waals surface area (Å²) in [4.78, 5) is 0. The summed E-state index contributed by atoms with van der Waals surface area (Å²) >= 11 is 0. The second-order valence-corrected chi connectivity index (χ2v) is 3.43. The van der Waals surface area contributed by atoms with Crippen molar-refractivity contribution >= 4 is 0 Å². The third-order valence-corrected chi connectivity index (χ3v) is 2.05. The number of nitrogens with two attached hydrogens (primary N) is 1. The van der Waals surface area contributed by atoms with E-state index in [4.69, 9.17) is 5.73 Å². The molecule has 0 radical (unpaired) electrons. The first-order valence-corrected chi connectivity index (χ1v) is 4.40. The number of rotatable bonds is 3. The van der Waals surface area contributed by atoms with Crippen molar-refractivity contribution in [2.24, 2.45) is 5.73 Å². The molecule has 3 nitrogen and oxygen atoms in total. The summed E-state index contributed by atoms with van der Waals surface area (Å²) in [5.41, 5.74) is 6.82. The Hall–Kier alpha value is -0.830. The molecule has 0 amide bonds. The zero-order chi connectivity index (χ0) is 9.14. The van der Waals surface area contributed by atoms with E-state index in [2.05, 4.69) is 25.9 Å². The molecule has 0 aliphatic rings. The monoisotopic (exact) mass is 167 g/mol. The fourth-order valence-corrected chi connectivity index (χ4v) is 1.27. The molecule has 0 saturated carbocycles. The molecule has 1 atom stereocenters. The first kappa shape index (κ1) is 9.26. The van der Waals surface area contributed by atoms with Crippen LogP contribution in [0, 0.1) is 0 Å². The van der Waals surface area contributed by atoms with E-state index in [1.165, 1.54) is 5.69 Å². The summed E-state index contributed by atoms with van der Waals surface area (Å²) in [7, 11) is 0. The predicted octanol–water partition coefficient (Wildman–Crippen LogP) is 1.53. The highest BCUT2D eigenvalue weighted by molar-refractivity contribution is 5.07. The molecule has 0 bridgehead atoms. The highest BCUT2D eigenvalue weighted by Gasteiger charge is 2.10. The quantitative estimate of drug-likeness (QED) is 0.741. The smallest absolute Gasteiger partial charge is 0.0492 e. The molecule has 1 unspecified atom stereocenters. The maximum atomic E-state index is 5.59. The molecule has 0 aromatic carbocycles. The lowest BCUT2D eigenvalue weighted by Crippen LogP contribution is -2.15. The Balaban J connectivity index is 2.91. The minimum Gasteiger partial charge on any atom is -0.330 e. The number of aromatic nitrogens is 2. The average molecular weight is 167 g/mol. The maximum Gasteiger partial charge on any atom is 0.0492 e. The lowest BCUT2D eigenvalue weighted by molar-refractivity contribution is 0.492. The predicted molar refractivity (Wildman–Crippen MR) is 50.1 cm³/mol. The van der Waals surface area contributed by atoms with Gasteiger partial charge in [0, 0.05) is 30.4 Å². The molecule has 0 spiro atoms. The number of nitrogens with zero attached hydrogens (tertiary/aromatic N) is 2. The highest BCUT2D eigenvalue weighted by atomic mass is 15.3. The van der Waals surface area contributed by atoms with E-state index in [1.54, 1.807) is 0 Å². The third kappa shape index (κ3) is 1.67. The molecule has 2 N–H and O–H groups in total. The summed E-state index contributed by atoms with van der Waals surface area (Å²) in [5, 5.41) is 4.25. The number of hydrogen-bond acceptors (Lipinski definition) is 2. The van der Waals surface area contributed by atoms with Crippen molar-refractivity contribution in [3.63, 3.8) is 0 Å². The van der Waals surface area contributed by atoms with Gasteiger partial charge in [0.1, 0.15) is 0 Å². The molecule has 0 aliphatic heterocycles. The molecule has 0 aliphatic carbocycles. The van der Waals surface area contributed by atoms with Crippen LogP contribution in [-0.2, 0) is 0 Å². The molecular weight excluding hydrogens is 150 g/mol. The normalized spacial score (nSPS) is 13.8. The van der Waals surface area contributed by atoms with E-state index in [0.29, 0.717) is 18.5 Å². The van der Waals surface area contributed by atoms with Crippen LogP contribution in [0.1, 0.15) is 38.4 Å². The first-order chi connectivity index (χ1) is 5.66. The minimum atomic E-state index is 0.398. The highest BCUT2D eigenvalue weighted by Crippen LogP contribution is 2.16. The van der Waals surface area contributed by atoms with Gasteiger partial charge in [-0.25, -0.2) is 0 Å². The minimum absolute atomic E-state index is 0.398. The fourth-order valence-electron chi connectivity index (χ4n) is 1.27. The van der Waals surface area contributed by atoms with Gasteiger partial charge < -0.3 is 5.73 Å². The summed E-state index contributed by atoms with van der Waals surface area (Å²) in [6, 6.07) is 2.46. The van der Waals surface area contributed by atoms with Gasteiger partial charge in [-0.1, -0.05) is 6.92 Å².